The Kier molecular flexibility index (Phi) is 4.01. The first-order valence-electron chi connectivity index (χ1n) is 5.48. The van der Waals surface area contributed by atoms with Gasteiger partial charge in [-0.2, -0.15) is 4.31 Å². The van der Waals surface area contributed by atoms with E-state index in [1.54, 1.807) is 0 Å². The van der Waals surface area contributed by atoms with Crippen molar-refractivity contribution in [1.82, 2.24) is 4.31 Å². The van der Waals surface area contributed by atoms with Crippen molar-refractivity contribution in [1.29, 1.82) is 0 Å². The Balaban J connectivity index is 2.52. The van der Waals surface area contributed by atoms with Crippen molar-refractivity contribution >= 4 is 39.2 Å². The van der Waals surface area contributed by atoms with Crippen molar-refractivity contribution in [2.24, 2.45) is 0 Å². The van der Waals surface area contributed by atoms with E-state index in [0.29, 0.717) is 0 Å². The summed E-state index contributed by atoms with van der Waals surface area (Å²) in [6.07, 6.45) is 0. The van der Waals surface area contributed by atoms with Crippen LogP contribution in [0, 0.1) is 0 Å². The summed E-state index contributed by atoms with van der Waals surface area (Å²) in [5, 5.41) is 9.52. The van der Waals surface area contributed by atoms with Crippen LogP contribution in [0.1, 0.15) is 6.92 Å². The molecule has 1 fully saturated rings. The molecule has 1 N–H and O–H groups in total. The van der Waals surface area contributed by atoms with Gasteiger partial charge in [0.05, 0.1) is 11.5 Å². The van der Waals surface area contributed by atoms with Gasteiger partial charge in [-0.1, -0.05) is 23.2 Å². The molecule has 0 spiro atoms. The minimum atomic E-state index is -4.08. The molecule has 20 heavy (non-hydrogen) atoms. The number of sulfonamides is 1. The fourth-order valence-electron chi connectivity index (χ4n) is 1.85. The molecule has 0 bridgehead atoms. The van der Waals surface area contributed by atoms with E-state index in [1.165, 1.54) is 25.1 Å². The van der Waals surface area contributed by atoms with Gasteiger partial charge in [-0.15, -0.1) is 0 Å². The van der Waals surface area contributed by atoms with Crippen molar-refractivity contribution < 1.29 is 23.1 Å². The Labute approximate surface area is 125 Å². The Morgan fingerprint density at radius 3 is 2.40 bits per heavy atom. The van der Waals surface area contributed by atoms with E-state index >= 15 is 0 Å². The summed E-state index contributed by atoms with van der Waals surface area (Å²) in [6.45, 7) is 0.719. The van der Waals surface area contributed by atoms with Crippen molar-refractivity contribution in [2.75, 3.05) is 13.3 Å². The molecule has 0 aliphatic carbocycles. The number of hydrogen-bond acceptors (Lipinski definition) is 4. The van der Waals surface area contributed by atoms with Gasteiger partial charge in [0.2, 0.25) is 10.0 Å². The molecule has 0 aromatic heterocycles. The molecule has 1 heterocycles. The molecular formula is C11H11Cl2NO5S. The van der Waals surface area contributed by atoms with Gasteiger partial charge < -0.3 is 9.84 Å². The zero-order chi connectivity index (χ0) is 15.1. The topological polar surface area (TPSA) is 83.9 Å². The second-order valence-electron chi connectivity index (χ2n) is 4.52. The lowest BCUT2D eigenvalue weighted by Gasteiger charge is -2.27. The third kappa shape index (κ3) is 2.51. The zero-order valence-electron chi connectivity index (χ0n) is 10.3. The predicted octanol–water partition coefficient (Wildman–Crippen LogP) is 1.82. The summed E-state index contributed by atoms with van der Waals surface area (Å²) < 4.78 is 30.8. The van der Waals surface area contributed by atoms with Crippen LogP contribution in [0.25, 0.3) is 0 Å². The maximum Gasteiger partial charge on any atom is 0.327 e. The van der Waals surface area contributed by atoms with Crippen molar-refractivity contribution in [2.45, 2.75) is 17.4 Å². The second kappa shape index (κ2) is 5.16. The van der Waals surface area contributed by atoms with Gasteiger partial charge in [-0.05, 0) is 25.1 Å². The maximum absolute atomic E-state index is 12.5. The van der Waals surface area contributed by atoms with E-state index in [1.807, 2.05) is 0 Å². The van der Waals surface area contributed by atoms with E-state index in [2.05, 4.69) is 0 Å². The summed E-state index contributed by atoms with van der Waals surface area (Å²) in [5.74, 6) is -1.29. The predicted molar refractivity (Wildman–Crippen MR) is 72.3 cm³/mol. The van der Waals surface area contributed by atoms with Crippen LogP contribution in [0.4, 0.5) is 0 Å². The molecule has 1 aliphatic heterocycles. The molecule has 0 unspecified atom stereocenters. The number of benzene rings is 1. The number of ether oxygens (including phenoxy) is 1. The molecule has 0 radical (unpaired) electrons. The first-order chi connectivity index (χ1) is 9.18. The molecule has 2 rings (SSSR count). The van der Waals surface area contributed by atoms with E-state index in [0.717, 1.165) is 4.31 Å². The first-order valence-corrected chi connectivity index (χ1v) is 7.67. The molecule has 1 aromatic rings. The van der Waals surface area contributed by atoms with Gasteiger partial charge in [0.15, 0.2) is 5.54 Å². The number of nitrogens with zero attached hydrogens (tertiary/aromatic N) is 1. The molecule has 0 saturated carbocycles. The average molecular weight is 340 g/mol. The molecule has 1 aliphatic rings. The molecule has 1 aromatic carbocycles. The van der Waals surface area contributed by atoms with Crippen LogP contribution in [-0.4, -0.2) is 42.7 Å². The number of carboxylic acid groups (broad SMARTS) is 1. The Hall–Kier alpha value is -0.860. The molecule has 0 amide bonds. The van der Waals surface area contributed by atoms with Gasteiger partial charge in [0.25, 0.3) is 0 Å². The Bertz CT molecular complexity index is 643. The van der Waals surface area contributed by atoms with Gasteiger partial charge in [-0.3, -0.25) is 4.79 Å². The standard InChI is InChI=1S/C11H11Cl2NO5S/c1-11(10(15)16)5-19-6-14(11)20(17,18)9-3-7(12)2-8(13)4-9/h2-4H,5-6H2,1H3,(H,15,16)/t11-/m1/s1. The SMILES string of the molecule is C[C@]1(C(=O)O)COCN1S(=O)(=O)c1cc(Cl)cc(Cl)c1. The largest absolute Gasteiger partial charge is 0.480 e. The molecule has 1 atom stereocenters. The Morgan fingerprint density at radius 2 is 1.90 bits per heavy atom. The number of aliphatic carboxylic acids is 1. The van der Waals surface area contributed by atoms with Crippen molar-refractivity contribution in [3.8, 4) is 0 Å². The highest BCUT2D eigenvalue weighted by Gasteiger charge is 2.51. The fraction of sp³-hybridized carbons (Fsp3) is 0.364. The number of carbonyl (C=O) groups is 1. The fourth-order valence-corrected chi connectivity index (χ4v) is 4.19. The maximum atomic E-state index is 12.5. The average Bonchev–Trinajstić information content (AvgIpc) is 2.72. The lowest BCUT2D eigenvalue weighted by atomic mass is 10.1. The number of rotatable bonds is 3. The van der Waals surface area contributed by atoms with Gasteiger partial charge in [0, 0.05) is 10.0 Å². The highest BCUT2D eigenvalue weighted by molar-refractivity contribution is 7.89. The monoisotopic (exact) mass is 339 g/mol. The quantitative estimate of drug-likeness (QED) is 0.907. The van der Waals surface area contributed by atoms with Gasteiger partial charge in [-0.25, -0.2) is 8.42 Å². The van der Waals surface area contributed by atoms with E-state index in [-0.39, 0.29) is 28.3 Å². The van der Waals surface area contributed by atoms with E-state index in [9.17, 15) is 18.3 Å². The minimum Gasteiger partial charge on any atom is -0.480 e. The molecule has 6 nitrogen and oxygen atoms in total. The lowest BCUT2D eigenvalue weighted by Crippen LogP contribution is -2.52. The third-order valence-electron chi connectivity index (χ3n) is 3.03. The third-order valence-corrected chi connectivity index (χ3v) is 5.38. The number of carboxylic acids is 1. The number of hydrogen-bond donors (Lipinski definition) is 1. The van der Waals surface area contributed by atoms with Crippen LogP contribution < -0.4 is 0 Å². The van der Waals surface area contributed by atoms with Crippen molar-refractivity contribution in [3.63, 3.8) is 0 Å². The first kappa shape index (κ1) is 15.5. The smallest absolute Gasteiger partial charge is 0.327 e. The van der Waals surface area contributed by atoms with Crippen molar-refractivity contribution in [3.05, 3.63) is 28.2 Å². The molecule has 1 saturated heterocycles. The van der Waals surface area contributed by atoms with Crippen LogP contribution in [0.5, 0.6) is 0 Å². The van der Waals surface area contributed by atoms with Crippen LogP contribution >= 0.6 is 23.2 Å². The second-order valence-corrected chi connectivity index (χ2v) is 7.25. The minimum absolute atomic E-state index is 0.146. The number of halogens is 2. The van der Waals surface area contributed by atoms with Crippen LogP contribution in [0.2, 0.25) is 10.0 Å². The summed E-state index contributed by atoms with van der Waals surface area (Å²) in [5.41, 5.74) is -1.66. The highest BCUT2D eigenvalue weighted by Crippen LogP contribution is 2.32. The normalized spacial score (nSPS) is 23.9. The molecule has 9 heteroatoms. The van der Waals surface area contributed by atoms with Crippen LogP contribution in [0.3, 0.4) is 0 Å². The van der Waals surface area contributed by atoms with E-state index < -0.39 is 21.5 Å². The van der Waals surface area contributed by atoms with Crippen LogP contribution in [-0.2, 0) is 19.6 Å². The highest BCUT2D eigenvalue weighted by atomic mass is 35.5. The van der Waals surface area contributed by atoms with E-state index in [4.69, 9.17) is 27.9 Å². The van der Waals surface area contributed by atoms with Gasteiger partial charge >= 0.3 is 5.97 Å². The summed E-state index contributed by atoms with van der Waals surface area (Å²) in [6, 6.07) is 3.81. The molecule has 110 valence electrons. The summed E-state index contributed by atoms with van der Waals surface area (Å²) in [4.78, 5) is 11.1. The lowest BCUT2D eigenvalue weighted by molar-refractivity contribution is -0.145. The summed E-state index contributed by atoms with van der Waals surface area (Å²) in [7, 11) is -4.08. The van der Waals surface area contributed by atoms with Gasteiger partial charge in [0.1, 0.15) is 6.73 Å². The molecular weight excluding hydrogens is 329 g/mol. The summed E-state index contributed by atoms with van der Waals surface area (Å²) >= 11 is 11.6. The van der Waals surface area contributed by atoms with Crippen LogP contribution in [0.15, 0.2) is 23.1 Å². The Morgan fingerprint density at radius 1 is 1.35 bits per heavy atom. The zero-order valence-corrected chi connectivity index (χ0v) is 12.7.